The zero-order chi connectivity index (χ0) is 15.3. The van der Waals surface area contributed by atoms with E-state index >= 15 is 0 Å². The van der Waals surface area contributed by atoms with Gasteiger partial charge in [0.05, 0.1) is 0 Å². The van der Waals surface area contributed by atoms with Crippen LogP contribution in [-0.2, 0) is 4.79 Å². The summed E-state index contributed by atoms with van der Waals surface area (Å²) in [5.74, 6) is -0.185. The van der Waals surface area contributed by atoms with Gasteiger partial charge in [0.25, 0.3) is 0 Å². The lowest BCUT2D eigenvalue weighted by Gasteiger charge is -2.23. The van der Waals surface area contributed by atoms with Crippen molar-refractivity contribution >= 4 is 29.0 Å². The minimum Gasteiger partial charge on any atom is -0.320 e. The monoisotopic (exact) mass is 336 g/mol. The molecule has 1 unspecified atom stereocenters. The van der Waals surface area contributed by atoms with Gasteiger partial charge in [0.2, 0.25) is 5.91 Å². The number of hydrogen-bond donors (Lipinski definition) is 1. The number of halogens is 3. The van der Waals surface area contributed by atoms with E-state index in [9.17, 15) is 18.0 Å². The predicted molar refractivity (Wildman–Crippen MR) is 77.1 cm³/mol. The third-order valence-electron chi connectivity index (χ3n) is 3.77. The molecule has 2 fully saturated rings. The molecule has 1 saturated carbocycles. The van der Waals surface area contributed by atoms with Crippen molar-refractivity contribution in [3.63, 3.8) is 0 Å². The van der Waals surface area contributed by atoms with Crippen molar-refractivity contribution in [2.75, 3.05) is 12.3 Å². The summed E-state index contributed by atoms with van der Waals surface area (Å²) in [4.78, 5) is 16.1. The van der Waals surface area contributed by atoms with E-state index in [1.807, 2.05) is 19.1 Å². The highest BCUT2D eigenvalue weighted by molar-refractivity contribution is 8.00. The molecule has 116 valence electrons. The number of nitrogens with zero attached hydrogens (tertiary/aromatic N) is 1. The molecule has 1 atom stereocenters. The molecule has 1 saturated heterocycles. The minimum atomic E-state index is -4.25. The molecule has 1 aliphatic carbocycles. The maximum absolute atomic E-state index is 12.4. The number of amides is 1. The third-order valence-corrected chi connectivity index (χ3v) is 5.54. The van der Waals surface area contributed by atoms with E-state index in [0.29, 0.717) is 0 Å². The Balaban J connectivity index is 1.73. The van der Waals surface area contributed by atoms with Crippen molar-refractivity contribution in [2.24, 2.45) is 0 Å². The lowest BCUT2D eigenvalue weighted by atomic mass is 10.3. The number of rotatable bonds is 4. The van der Waals surface area contributed by atoms with Gasteiger partial charge in [0.1, 0.15) is 11.7 Å². The highest BCUT2D eigenvalue weighted by Gasteiger charge is 2.59. The molecule has 0 radical (unpaired) electrons. The standard InChI is InChI=1S/C13H15F3N2OS2/c1-8-2-3-9(21-8)10-17-12(4-5-12)11(19)18(10)6-7-20-13(14,15)16/h2-3,10,17H,4-7H2,1H3. The van der Waals surface area contributed by atoms with Crippen molar-refractivity contribution in [3.8, 4) is 0 Å². The Morgan fingerprint density at radius 3 is 2.71 bits per heavy atom. The fourth-order valence-electron chi connectivity index (χ4n) is 2.59. The molecule has 21 heavy (non-hydrogen) atoms. The van der Waals surface area contributed by atoms with Crippen LogP contribution < -0.4 is 5.32 Å². The SMILES string of the molecule is Cc1ccc(C2NC3(CC3)C(=O)N2CCSC(F)(F)F)s1. The van der Waals surface area contributed by atoms with Gasteiger partial charge in [-0.15, -0.1) is 11.3 Å². The zero-order valence-electron chi connectivity index (χ0n) is 11.4. The average molecular weight is 336 g/mol. The second-order valence-corrected chi connectivity index (χ2v) is 7.85. The summed E-state index contributed by atoms with van der Waals surface area (Å²) >= 11 is 1.50. The number of hydrogen-bond acceptors (Lipinski definition) is 4. The van der Waals surface area contributed by atoms with E-state index in [0.717, 1.165) is 22.6 Å². The number of alkyl halides is 3. The maximum Gasteiger partial charge on any atom is 0.441 e. The normalized spacial score (nSPS) is 24.1. The van der Waals surface area contributed by atoms with E-state index in [-0.39, 0.29) is 36.1 Å². The Hall–Kier alpha value is -0.730. The van der Waals surface area contributed by atoms with E-state index in [1.165, 1.54) is 0 Å². The van der Waals surface area contributed by atoms with Crippen molar-refractivity contribution in [3.05, 3.63) is 21.9 Å². The Bertz CT molecular complexity index is 554. The van der Waals surface area contributed by atoms with E-state index in [2.05, 4.69) is 5.32 Å². The summed E-state index contributed by atoms with van der Waals surface area (Å²) in [6.07, 6.45) is 1.26. The Kier molecular flexibility index (Phi) is 3.74. The highest BCUT2D eigenvalue weighted by Crippen LogP contribution is 2.47. The van der Waals surface area contributed by atoms with Crippen LogP contribution in [0.2, 0.25) is 0 Å². The van der Waals surface area contributed by atoms with Crippen LogP contribution in [0.3, 0.4) is 0 Å². The van der Waals surface area contributed by atoms with Gasteiger partial charge in [-0.3, -0.25) is 10.1 Å². The maximum atomic E-state index is 12.4. The smallest absolute Gasteiger partial charge is 0.320 e. The first-order valence-corrected chi connectivity index (χ1v) is 8.47. The number of nitrogens with one attached hydrogen (secondary N) is 1. The molecule has 3 rings (SSSR count). The first-order valence-electron chi connectivity index (χ1n) is 6.67. The molecule has 1 aliphatic heterocycles. The predicted octanol–water partition coefficient (Wildman–Crippen LogP) is 3.27. The number of thioether (sulfide) groups is 1. The minimum absolute atomic E-state index is 0.0543. The molecule has 2 heterocycles. The molecule has 8 heteroatoms. The van der Waals surface area contributed by atoms with Crippen LogP contribution in [0.5, 0.6) is 0 Å². The molecule has 0 aromatic carbocycles. The molecular weight excluding hydrogens is 321 g/mol. The summed E-state index contributed by atoms with van der Waals surface area (Å²) < 4.78 is 36.8. The van der Waals surface area contributed by atoms with Crippen molar-refractivity contribution in [2.45, 2.75) is 37.0 Å². The van der Waals surface area contributed by atoms with Crippen LogP contribution in [0.15, 0.2) is 12.1 Å². The molecule has 1 aromatic heterocycles. The van der Waals surface area contributed by atoms with Crippen molar-refractivity contribution in [1.82, 2.24) is 10.2 Å². The third kappa shape index (κ3) is 3.07. The topological polar surface area (TPSA) is 32.3 Å². The summed E-state index contributed by atoms with van der Waals surface area (Å²) in [6, 6.07) is 3.91. The molecule has 1 N–H and O–H groups in total. The molecule has 3 nitrogen and oxygen atoms in total. The van der Waals surface area contributed by atoms with Crippen LogP contribution in [0.25, 0.3) is 0 Å². The van der Waals surface area contributed by atoms with Gasteiger partial charge in [0.15, 0.2) is 0 Å². The van der Waals surface area contributed by atoms with Crippen LogP contribution >= 0.6 is 23.1 Å². The molecule has 1 spiro atoms. The molecule has 1 amide bonds. The second kappa shape index (κ2) is 5.17. The van der Waals surface area contributed by atoms with E-state index in [1.54, 1.807) is 16.2 Å². The molecular formula is C13H15F3N2OS2. The number of carbonyl (C=O) groups excluding carboxylic acids is 1. The summed E-state index contributed by atoms with van der Waals surface area (Å²) in [7, 11) is 0. The highest BCUT2D eigenvalue weighted by atomic mass is 32.2. The largest absolute Gasteiger partial charge is 0.441 e. The molecule has 1 aromatic rings. The van der Waals surface area contributed by atoms with Crippen LogP contribution in [0, 0.1) is 6.92 Å². The van der Waals surface area contributed by atoms with Crippen LogP contribution in [0.4, 0.5) is 13.2 Å². The van der Waals surface area contributed by atoms with Gasteiger partial charge >= 0.3 is 5.51 Å². The first kappa shape index (κ1) is 15.2. The van der Waals surface area contributed by atoms with Gasteiger partial charge in [-0.2, -0.15) is 13.2 Å². The summed E-state index contributed by atoms with van der Waals surface area (Å²) in [6.45, 7) is 2.08. The van der Waals surface area contributed by atoms with Gasteiger partial charge in [0, 0.05) is 22.1 Å². The van der Waals surface area contributed by atoms with Crippen molar-refractivity contribution in [1.29, 1.82) is 0 Å². The van der Waals surface area contributed by atoms with E-state index < -0.39 is 11.0 Å². The quantitative estimate of drug-likeness (QED) is 0.916. The summed E-state index contributed by atoms with van der Waals surface area (Å²) in [5.41, 5.74) is -4.76. The van der Waals surface area contributed by atoms with E-state index in [4.69, 9.17) is 0 Å². The van der Waals surface area contributed by atoms with Gasteiger partial charge in [-0.25, -0.2) is 0 Å². The average Bonchev–Trinajstić information content (AvgIpc) is 2.97. The Morgan fingerprint density at radius 1 is 1.48 bits per heavy atom. The second-order valence-electron chi connectivity index (χ2n) is 5.37. The Morgan fingerprint density at radius 2 is 2.19 bits per heavy atom. The molecule has 0 bridgehead atoms. The summed E-state index contributed by atoms with van der Waals surface area (Å²) in [5, 5.41) is 3.31. The number of thiophene rings is 1. The van der Waals surface area contributed by atoms with Gasteiger partial charge in [-0.1, -0.05) is 0 Å². The van der Waals surface area contributed by atoms with Crippen LogP contribution in [-0.4, -0.2) is 34.2 Å². The fourth-order valence-corrected chi connectivity index (χ4v) is 4.05. The first-order chi connectivity index (χ1) is 9.81. The van der Waals surface area contributed by atoms with Gasteiger partial charge in [-0.05, 0) is 43.7 Å². The lowest BCUT2D eigenvalue weighted by Crippen LogP contribution is -2.34. The van der Waals surface area contributed by atoms with Gasteiger partial charge < -0.3 is 4.90 Å². The fraction of sp³-hybridized carbons (Fsp3) is 0.615. The zero-order valence-corrected chi connectivity index (χ0v) is 13.0. The lowest BCUT2D eigenvalue weighted by molar-refractivity contribution is -0.130. The number of aryl methyl sites for hydroxylation is 1. The Labute approximate surface area is 128 Å². The van der Waals surface area contributed by atoms with Crippen molar-refractivity contribution < 1.29 is 18.0 Å². The van der Waals surface area contributed by atoms with Crippen LogP contribution in [0.1, 0.15) is 28.8 Å². The number of carbonyl (C=O) groups is 1. The molecule has 2 aliphatic rings.